The van der Waals surface area contributed by atoms with Gasteiger partial charge >= 0.3 is 24.5 Å². The molecule has 7 atom stereocenters. The Bertz CT molecular complexity index is 5020. The minimum Gasteiger partial charge on any atom is -0.547 e. The van der Waals surface area contributed by atoms with Gasteiger partial charge in [-0.1, -0.05) is 0 Å². The summed E-state index contributed by atoms with van der Waals surface area (Å²) in [5, 5.41) is 78.2. The molecule has 2 unspecified atom stereocenters. The van der Waals surface area contributed by atoms with Gasteiger partial charge in [0, 0.05) is 134 Å². The van der Waals surface area contributed by atoms with Crippen molar-refractivity contribution in [2.75, 3.05) is 80.0 Å². The molecule has 752 valence electrons. The van der Waals surface area contributed by atoms with E-state index < -0.39 is 190 Å². The summed E-state index contributed by atoms with van der Waals surface area (Å²) in [5.41, 5.74) is 10.4. The lowest BCUT2D eigenvalue weighted by molar-refractivity contribution is -0.419. The van der Waals surface area contributed by atoms with Crippen LogP contribution in [0.5, 0.6) is 0 Å². The highest BCUT2D eigenvalue weighted by Gasteiger charge is 2.56. The molecule has 3 aliphatic carbocycles. The number of rotatable bonds is 24. The van der Waals surface area contributed by atoms with Gasteiger partial charge in [-0.15, -0.1) is 0 Å². The Morgan fingerprint density at radius 2 is 0.599 bits per heavy atom. The van der Waals surface area contributed by atoms with Crippen LogP contribution in [-0.4, -0.2) is 284 Å². The monoisotopic (exact) mass is 1970 g/mol. The van der Waals surface area contributed by atoms with E-state index in [1.165, 1.54) is 14.7 Å². The highest BCUT2D eigenvalue weighted by Crippen LogP contribution is 2.51. The predicted molar refractivity (Wildman–Crippen MR) is 420 cm³/mol. The molecule has 54 heteroatoms. The Kier molecular flexibility index (Phi) is 32.1. The summed E-state index contributed by atoms with van der Waals surface area (Å²) in [6.45, 7) is 3.91. The molecular weight excluding hydrogens is 1880 g/mol. The number of carbonyl (C=O) groups excluding carboxylic acids is 9. The first kappa shape index (κ1) is 106. The summed E-state index contributed by atoms with van der Waals surface area (Å²) in [6.07, 6.45) is -20.5. The number of alkyl halides is 9. The zero-order valence-electron chi connectivity index (χ0n) is 73.2. The number of imidazole rings is 3. The van der Waals surface area contributed by atoms with Gasteiger partial charge in [0.2, 0.25) is 35.2 Å². The van der Waals surface area contributed by atoms with Gasteiger partial charge in [-0.25, -0.2) is 59.3 Å². The molecule has 17 N–H and O–H groups in total. The number of nitrogens with zero attached hydrogens (tertiary/aromatic N) is 12. The van der Waals surface area contributed by atoms with Crippen molar-refractivity contribution in [1.29, 1.82) is 0 Å². The lowest BCUT2D eigenvalue weighted by Gasteiger charge is -2.58. The van der Waals surface area contributed by atoms with Crippen molar-refractivity contribution in [1.82, 2.24) is 74.0 Å². The highest BCUT2D eigenvalue weighted by molar-refractivity contribution is 5.96. The third-order valence-electron chi connectivity index (χ3n) is 25.0. The number of amides is 6. The summed E-state index contributed by atoms with van der Waals surface area (Å²) in [6, 6.07) is 0.804. The fourth-order valence-corrected chi connectivity index (χ4v) is 19.0. The molecule has 137 heavy (non-hydrogen) atoms. The molecular formula is C83H96F18N18O18. The van der Waals surface area contributed by atoms with Crippen LogP contribution in [0.4, 0.5) is 79.0 Å². The first-order valence-electron chi connectivity index (χ1n) is 42.5. The molecule has 9 aliphatic rings. The van der Waals surface area contributed by atoms with Crippen LogP contribution in [0.25, 0.3) is 0 Å². The molecule has 3 aromatic heterocycles. The molecule has 0 bridgehead atoms. The van der Waals surface area contributed by atoms with Gasteiger partial charge in [-0.05, 0) is 111 Å². The van der Waals surface area contributed by atoms with Crippen LogP contribution in [-0.2, 0) is 111 Å². The van der Waals surface area contributed by atoms with E-state index in [-0.39, 0.29) is 183 Å². The number of benzene rings is 3. The van der Waals surface area contributed by atoms with E-state index in [4.69, 9.17) is 25.5 Å². The van der Waals surface area contributed by atoms with E-state index in [1.807, 2.05) is 21.1 Å². The Hall–Kier alpha value is -11.7. The maximum Gasteiger partial charge on any atom is 0.449 e. The van der Waals surface area contributed by atoms with Crippen LogP contribution in [0.3, 0.4) is 0 Å². The zero-order valence-corrected chi connectivity index (χ0v) is 73.2. The van der Waals surface area contributed by atoms with Crippen LogP contribution in [0, 0.1) is 68.6 Å². The molecule has 6 aliphatic heterocycles. The smallest absolute Gasteiger partial charge is 0.449 e. The van der Waals surface area contributed by atoms with Crippen LogP contribution < -0.4 is 48.5 Å². The molecule has 6 aromatic rings. The molecule has 15 rings (SSSR count). The van der Waals surface area contributed by atoms with Gasteiger partial charge in [-0.3, -0.25) is 28.8 Å². The Morgan fingerprint density at radius 1 is 0.380 bits per heavy atom. The number of carboxylic acid groups (broad SMARTS) is 4. The number of hydrogen-bond donors (Lipinski definition) is 11. The molecule has 3 saturated carbocycles. The third-order valence-corrected chi connectivity index (χ3v) is 25.0. The summed E-state index contributed by atoms with van der Waals surface area (Å²) >= 11 is 0. The number of aromatic nitrogens is 6. The van der Waals surface area contributed by atoms with Crippen molar-refractivity contribution in [2.24, 2.45) is 16.2 Å². The number of fused-ring (bicyclic) bond motifs is 3. The largest absolute Gasteiger partial charge is 0.547 e. The molecule has 6 amide bonds. The molecule has 36 nitrogen and oxygen atoms in total. The summed E-state index contributed by atoms with van der Waals surface area (Å²) in [5.74, 6) is -25.6. The topological polar surface area (TPSA) is 533 Å². The normalized spacial score (nSPS) is 19.3. The number of aliphatic hydroxyl groups is 4. The second-order valence-electron chi connectivity index (χ2n) is 36.3. The lowest BCUT2D eigenvalue weighted by Crippen LogP contribution is -2.65. The number of likely N-dealkylation sites (tertiary alicyclic amines) is 3. The Morgan fingerprint density at radius 3 is 0.796 bits per heavy atom. The average Bonchev–Trinajstić information content (AvgIpc) is 1.75. The highest BCUT2D eigenvalue weighted by atomic mass is 19.4. The number of aliphatic hydroxyl groups excluding tert-OH is 4. The van der Waals surface area contributed by atoms with Crippen molar-refractivity contribution in [3.05, 3.63) is 157 Å². The van der Waals surface area contributed by atoms with Gasteiger partial charge in [0.05, 0.1) is 92.0 Å². The number of nitrogens with one attached hydrogen (secondary N) is 3. The van der Waals surface area contributed by atoms with E-state index in [9.17, 15) is 142 Å². The van der Waals surface area contributed by atoms with Gasteiger partial charge in [0.25, 0.3) is 17.7 Å². The van der Waals surface area contributed by atoms with Crippen molar-refractivity contribution >= 4 is 59.3 Å². The summed E-state index contributed by atoms with van der Waals surface area (Å²) < 4.78 is 248. The van der Waals surface area contributed by atoms with Gasteiger partial charge in [0.15, 0.2) is 58.1 Å². The third kappa shape index (κ3) is 24.9. The van der Waals surface area contributed by atoms with Crippen LogP contribution in [0.15, 0.2) is 36.4 Å². The molecule has 3 aromatic carbocycles. The van der Waals surface area contributed by atoms with E-state index in [0.29, 0.717) is 36.4 Å². The fourth-order valence-electron chi connectivity index (χ4n) is 19.0. The van der Waals surface area contributed by atoms with Crippen LogP contribution in [0.1, 0.15) is 140 Å². The maximum atomic E-state index is 14.0. The van der Waals surface area contributed by atoms with Crippen LogP contribution in [0.2, 0.25) is 0 Å². The lowest BCUT2D eigenvalue weighted by atomic mass is 9.61. The molecule has 6 fully saturated rings. The van der Waals surface area contributed by atoms with Crippen molar-refractivity contribution in [3.8, 4) is 0 Å². The van der Waals surface area contributed by atoms with Gasteiger partial charge in [-0.2, -0.15) is 39.5 Å². The van der Waals surface area contributed by atoms with Crippen LogP contribution >= 0.6 is 0 Å². The number of carboxylic acids is 4. The van der Waals surface area contributed by atoms with Gasteiger partial charge < -0.3 is 131 Å². The molecule has 3 spiro atoms. The minimum atomic E-state index is -4.79. The number of halogens is 18. The standard InChI is InChI=1S/3C25H28F6N6O2.2C4H6O6/c3*1-35-11-24(12-35)8-15(9-24)33-22(39)21-19-10-36(2-3-37(19)23(34-21)25(29,30)31)20(38)6-14(32)4-13-5-17(27)18(28)7-16(13)26;2*5-1(3(7)8)2(6)4(9)10/h3*5,7,14-15H,2-4,6,8-12,32H2,1H3,(H,33,39);2*1-2,5-6H,(H,7,8)(H,9,10)/t3*14-;1-,2-;/m1111./s1. The van der Waals surface area contributed by atoms with E-state index in [0.717, 1.165) is 91.5 Å². The second-order valence-corrected chi connectivity index (χ2v) is 36.3. The van der Waals surface area contributed by atoms with E-state index in [2.05, 4.69) is 62.8 Å². The van der Waals surface area contributed by atoms with E-state index >= 15 is 0 Å². The van der Waals surface area contributed by atoms with Crippen molar-refractivity contribution < 1.29 is 185 Å². The quantitative estimate of drug-likeness (QED) is 0.0212. The zero-order chi connectivity index (χ0) is 101. The Labute approximate surface area is 764 Å². The number of carbonyl (C=O) groups is 10. The first-order chi connectivity index (χ1) is 63.7. The summed E-state index contributed by atoms with van der Waals surface area (Å²) in [4.78, 5) is 138. The first-order valence-corrected chi connectivity index (χ1v) is 42.5. The minimum absolute atomic E-state index is 0.0101. The molecule has 0 radical (unpaired) electrons. The number of hydrogen-bond acceptors (Lipinski definition) is 23. The molecule has 3 saturated heterocycles. The van der Waals surface area contributed by atoms with Crippen molar-refractivity contribution in [2.45, 2.75) is 196 Å². The van der Waals surface area contributed by atoms with Crippen molar-refractivity contribution in [3.63, 3.8) is 0 Å². The predicted octanol–water partition coefficient (Wildman–Crippen LogP) is -3.06. The number of quaternary nitrogens is 3. The second kappa shape index (κ2) is 41.6. The SMILES string of the molecule is CN1CC2(CC(NC(=O)c3nc(C(F)(F)F)n4c3CN(C(=O)C[C@H]([NH3+])Cc3cc(F)c(F)cc3F)CC4)C2)C1.CN1CC2(CC(NC(=O)c3nc(C(F)(F)F)n4c3CN(C(=O)C[C@H]([NH3+])Cc3cc(F)c(F)cc3F)CC4)C2)C1.CN1CC2(CC(NC(=O)c3nc(C(F)(F)F)n4c3CN(C(=O)C[C@H]([NH3+])Cc3cc(F)c(F)cc3F)CC4)C2)C1.O=C([O-])C(O)C(O)C(=O)[O-].O=C([O-])[C@H](O)[C@@H](O)C(=O)O. The average molecular weight is 1980 g/mol. The maximum absolute atomic E-state index is 14.0. The fraction of sp³-hybridized carbons (Fsp3) is 0.554. The Balaban J connectivity index is 0.000000179. The number of aliphatic carboxylic acids is 4. The summed E-state index contributed by atoms with van der Waals surface area (Å²) in [7, 11) is 5.99. The molecule has 9 heterocycles. The van der Waals surface area contributed by atoms with Gasteiger partial charge in [0.1, 0.15) is 35.8 Å². The van der Waals surface area contributed by atoms with E-state index in [1.54, 1.807) is 0 Å².